The highest BCUT2D eigenvalue weighted by atomic mass is 32.2. The number of phenolic OH excluding ortho intramolecular Hbond substituents is 1. The maximum Gasteiger partial charge on any atom is 0.115 e. The highest BCUT2D eigenvalue weighted by molar-refractivity contribution is 7.98. The molecule has 0 aliphatic rings. The normalized spacial score (nSPS) is 11.1. The Balaban J connectivity index is 1.74. The lowest BCUT2D eigenvalue weighted by Crippen LogP contribution is -1.86. The van der Waals surface area contributed by atoms with Crippen LogP contribution in [0.4, 0.5) is 0 Å². The quantitative estimate of drug-likeness (QED) is 0.282. The van der Waals surface area contributed by atoms with Gasteiger partial charge in [-0.2, -0.15) is 11.8 Å². The number of aromatic hydroxyl groups is 1. The minimum absolute atomic E-state index is 0.362. The summed E-state index contributed by atoms with van der Waals surface area (Å²) in [7, 11) is 0. The third kappa shape index (κ3) is 14.2. The molecule has 2 heteroatoms. The standard InChI is InChI=1S/C23H40OS/c1-2-3-4-5-6-7-8-9-10-11-12-13-14-15-20-25-21-22-16-18-23(24)19-17-22/h16-19,24H,2-15,20-21H2,1H3. The van der Waals surface area contributed by atoms with Gasteiger partial charge in [-0.3, -0.25) is 0 Å². The van der Waals surface area contributed by atoms with E-state index in [0.717, 1.165) is 5.75 Å². The summed E-state index contributed by atoms with van der Waals surface area (Å²) in [5, 5.41) is 9.26. The molecule has 0 fully saturated rings. The first-order valence-corrected chi connectivity index (χ1v) is 11.8. The molecule has 1 N–H and O–H groups in total. The molecule has 0 amide bonds. The van der Waals surface area contributed by atoms with Crippen LogP contribution in [0.2, 0.25) is 0 Å². The van der Waals surface area contributed by atoms with E-state index >= 15 is 0 Å². The van der Waals surface area contributed by atoms with Gasteiger partial charge in [-0.15, -0.1) is 0 Å². The molecule has 0 aromatic heterocycles. The number of thioether (sulfide) groups is 1. The SMILES string of the molecule is CCCCCCCCCCCCCCCCSCc1ccc(O)cc1. The van der Waals surface area contributed by atoms with Gasteiger partial charge in [0.2, 0.25) is 0 Å². The Morgan fingerprint density at radius 3 is 1.56 bits per heavy atom. The molecule has 1 aromatic rings. The van der Waals surface area contributed by atoms with E-state index in [-0.39, 0.29) is 0 Å². The Kier molecular flexibility index (Phi) is 15.1. The lowest BCUT2D eigenvalue weighted by molar-refractivity contribution is 0.475. The summed E-state index contributed by atoms with van der Waals surface area (Å²) in [5.41, 5.74) is 1.31. The minimum atomic E-state index is 0.362. The summed E-state index contributed by atoms with van der Waals surface area (Å²) in [6, 6.07) is 7.60. The fourth-order valence-electron chi connectivity index (χ4n) is 3.18. The maximum atomic E-state index is 9.26. The monoisotopic (exact) mass is 364 g/mol. The van der Waals surface area contributed by atoms with Crippen LogP contribution in [0, 0.1) is 0 Å². The van der Waals surface area contributed by atoms with Gasteiger partial charge in [0.25, 0.3) is 0 Å². The molecule has 0 aliphatic heterocycles. The van der Waals surface area contributed by atoms with Crippen molar-refractivity contribution in [3.05, 3.63) is 29.8 Å². The molecule has 0 bridgehead atoms. The third-order valence-electron chi connectivity index (χ3n) is 4.85. The van der Waals surface area contributed by atoms with Crippen molar-refractivity contribution in [1.82, 2.24) is 0 Å². The van der Waals surface area contributed by atoms with Gasteiger partial charge >= 0.3 is 0 Å². The number of hydrogen-bond acceptors (Lipinski definition) is 2. The third-order valence-corrected chi connectivity index (χ3v) is 5.96. The van der Waals surface area contributed by atoms with Crippen LogP contribution in [0.1, 0.15) is 102 Å². The predicted octanol–water partition coefficient (Wildman–Crippen LogP) is 8.11. The second kappa shape index (κ2) is 16.8. The van der Waals surface area contributed by atoms with Gasteiger partial charge in [0.15, 0.2) is 0 Å². The van der Waals surface area contributed by atoms with Crippen molar-refractivity contribution < 1.29 is 5.11 Å². The lowest BCUT2D eigenvalue weighted by atomic mass is 10.0. The number of benzene rings is 1. The van der Waals surface area contributed by atoms with Crippen LogP contribution in [0.15, 0.2) is 24.3 Å². The molecular weight excluding hydrogens is 324 g/mol. The zero-order chi connectivity index (χ0) is 18.0. The molecule has 1 aromatic carbocycles. The number of unbranched alkanes of at least 4 members (excludes halogenated alkanes) is 13. The molecule has 0 aliphatic carbocycles. The number of hydrogen-bond donors (Lipinski definition) is 1. The number of phenols is 1. The average molecular weight is 365 g/mol. The van der Waals surface area contributed by atoms with E-state index < -0.39 is 0 Å². The van der Waals surface area contributed by atoms with Gasteiger partial charge in [-0.05, 0) is 29.9 Å². The van der Waals surface area contributed by atoms with E-state index in [1.54, 1.807) is 12.1 Å². The van der Waals surface area contributed by atoms with Crippen molar-refractivity contribution in [1.29, 1.82) is 0 Å². The summed E-state index contributed by atoms with van der Waals surface area (Å²) < 4.78 is 0. The van der Waals surface area contributed by atoms with Gasteiger partial charge in [0.1, 0.15) is 5.75 Å². The van der Waals surface area contributed by atoms with E-state index in [1.807, 2.05) is 23.9 Å². The predicted molar refractivity (Wildman–Crippen MR) is 115 cm³/mol. The molecular formula is C23H40OS. The van der Waals surface area contributed by atoms with Gasteiger partial charge in [-0.25, -0.2) is 0 Å². The van der Waals surface area contributed by atoms with Gasteiger partial charge < -0.3 is 5.11 Å². The Labute approximate surface area is 161 Å². The second-order valence-electron chi connectivity index (χ2n) is 7.32. The highest BCUT2D eigenvalue weighted by Crippen LogP contribution is 2.18. The fraction of sp³-hybridized carbons (Fsp3) is 0.739. The Morgan fingerprint density at radius 2 is 1.08 bits per heavy atom. The Bertz CT molecular complexity index is 388. The van der Waals surface area contributed by atoms with Gasteiger partial charge in [0, 0.05) is 5.75 Å². The van der Waals surface area contributed by atoms with Crippen LogP contribution in [0.3, 0.4) is 0 Å². The summed E-state index contributed by atoms with van der Waals surface area (Å²) in [6.45, 7) is 2.29. The Morgan fingerprint density at radius 1 is 0.640 bits per heavy atom. The molecule has 0 spiro atoms. The van der Waals surface area contributed by atoms with Crippen LogP contribution in [-0.4, -0.2) is 10.9 Å². The maximum absolute atomic E-state index is 9.26. The van der Waals surface area contributed by atoms with Gasteiger partial charge in [0.05, 0.1) is 0 Å². The van der Waals surface area contributed by atoms with Crippen molar-refractivity contribution in [3.63, 3.8) is 0 Å². The van der Waals surface area contributed by atoms with Crippen LogP contribution in [0.25, 0.3) is 0 Å². The van der Waals surface area contributed by atoms with Crippen LogP contribution in [0.5, 0.6) is 5.75 Å². The topological polar surface area (TPSA) is 20.2 Å². The van der Waals surface area contributed by atoms with Crippen LogP contribution < -0.4 is 0 Å². The summed E-state index contributed by atoms with van der Waals surface area (Å²) in [5.74, 6) is 2.69. The van der Waals surface area contributed by atoms with Crippen molar-refractivity contribution >= 4 is 11.8 Å². The number of rotatable bonds is 17. The molecule has 0 unspecified atom stereocenters. The molecule has 0 saturated carbocycles. The largest absolute Gasteiger partial charge is 0.508 e. The van der Waals surface area contributed by atoms with Crippen molar-refractivity contribution in [2.45, 2.75) is 103 Å². The van der Waals surface area contributed by atoms with E-state index in [9.17, 15) is 5.11 Å². The van der Waals surface area contributed by atoms with E-state index in [1.165, 1.54) is 101 Å². The van der Waals surface area contributed by atoms with E-state index in [0.29, 0.717) is 5.75 Å². The van der Waals surface area contributed by atoms with E-state index in [2.05, 4.69) is 6.92 Å². The molecule has 144 valence electrons. The first-order valence-electron chi connectivity index (χ1n) is 10.7. The van der Waals surface area contributed by atoms with Crippen molar-refractivity contribution in [2.24, 2.45) is 0 Å². The lowest BCUT2D eigenvalue weighted by Gasteiger charge is -2.04. The molecule has 0 radical (unpaired) electrons. The Hall–Kier alpha value is -0.630. The zero-order valence-corrected chi connectivity index (χ0v) is 17.3. The molecule has 25 heavy (non-hydrogen) atoms. The van der Waals surface area contributed by atoms with Crippen molar-refractivity contribution in [3.8, 4) is 5.75 Å². The van der Waals surface area contributed by atoms with Crippen LogP contribution >= 0.6 is 11.8 Å². The second-order valence-corrected chi connectivity index (χ2v) is 8.42. The molecule has 0 saturated heterocycles. The molecule has 1 nitrogen and oxygen atoms in total. The van der Waals surface area contributed by atoms with Crippen molar-refractivity contribution in [2.75, 3.05) is 5.75 Å². The first-order chi connectivity index (χ1) is 12.3. The fourth-order valence-corrected chi connectivity index (χ4v) is 4.16. The summed E-state index contributed by atoms with van der Waals surface area (Å²) >= 11 is 2.01. The minimum Gasteiger partial charge on any atom is -0.508 e. The average Bonchev–Trinajstić information content (AvgIpc) is 2.63. The highest BCUT2D eigenvalue weighted by Gasteiger charge is 1.96. The smallest absolute Gasteiger partial charge is 0.115 e. The van der Waals surface area contributed by atoms with Gasteiger partial charge in [-0.1, -0.05) is 103 Å². The first kappa shape index (κ1) is 22.4. The van der Waals surface area contributed by atoms with Crippen LogP contribution in [-0.2, 0) is 5.75 Å². The molecule has 0 heterocycles. The molecule has 1 rings (SSSR count). The molecule has 0 atom stereocenters. The van der Waals surface area contributed by atoms with E-state index in [4.69, 9.17) is 0 Å². The zero-order valence-electron chi connectivity index (χ0n) is 16.5. The summed E-state index contributed by atoms with van der Waals surface area (Å²) in [6.07, 6.45) is 20.0. The summed E-state index contributed by atoms with van der Waals surface area (Å²) in [4.78, 5) is 0.